The van der Waals surface area contributed by atoms with Gasteiger partial charge in [0, 0.05) is 38.9 Å². The molecule has 3 heterocycles. The smallest absolute Gasteiger partial charge is 0.189 e. The summed E-state index contributed by atoms with van der Waals surface area (Å²) in [6.45, 7) is 1.47. The van der Waals surface area contributed by atoms with Gasteiger partial charge in [-0.15, -0.1) is 0 Å². The van der Waals surface area contributed by atoms with E-state index in [4.69, 9.17) is 18.9 Å². The highest BCUT2D eigenvalue weighted by molar-refractivity contribution is 4.99. The van der Waals surface area contributed by atoms with E-state index in [1.807, 2.05) is 7.11 Å². The van der Waals surface area contributed by atoms with Gasteiger partial charge in [-0.2, -0.15) is 0 Å². The molecule has 148 valence electrons. The van der Waals surface area contributed by atoms with Crippen molar-refractivity contribution in [2.75, 3.05) is 27.6 Å². The molecule has 0 bridgehead atoms. The third-order valence-corrected chi connectivity index (χ3v) is 8.39. The average Bonchev–Trinajstić information content (AvgIpc) is 3.12. The number of methoxy groups -OCH3 is 2. The maximum atomic E-state index is 11.0. The molecule has 6 nitrogen and oxygen atoms in total. The first-order valence-corrected chi connectivity index (χ1v) is 10.5. The van der Waals surface area contributed by atoms with E-state index in [1.165, 1.54) is 17.7 Å². The van der Waals surface area contributed by atoms with E-state index in [9.17, 15) is 5.11 Å². The van der Waals surface area contributed by atoms with E-state index in [0.717, 1.165) is 32.2 Å². The van der Waals surface area contributed by atoms with Crippen LogP contribution in [0.1, 0.15) is 38.5 Å². The van der Waals surface area contributed by atoms with Gasteiger partial charge < -0.3 is 29.0 Å². The van der Waals surface area contributed by atoms with Crippen molar-refractivity contribution in [3.8, 4) is 0 Å². The topological polar surface area (TPSA) is 61.6 Å². The van der Waals surface area contributed by atoms with Crippen LogP contribution in [0, 0.1) is 23.7 Å². The first kappa shape index (κ1) is 17.8. The third-order valence-electron chi connectivity index (χ3n) is 8.39. The predicted octanol–water partition coefficient (Wildman–Crippen LogP) is 0.190. The number of hydrogen-bond acceptors (Lipinski definition) is 5. The fourth-order valence-electron chi connectivity index (χ4n) is 7.19. The first-order valence-electron chi connectivity index (χ1n) is 10.5. The van der Waals surface area contributed by atoms with Crippen molar-refractivity contribution in [3.05, 3.63) is 0 Å². The lowest BCUT2D eigenvalue weighted by Crippen LogP contribution is -3.23. The summed E-state index contributed by atoms with van der Waals surface area (Å²) in [5, 5.41) is 11.0. The Bertz CT molecular complexity index is 518. The summed E-state index contributed by atoms with van der Waals surface area (Å²) in [5.74, 6) is 2.45. The van der Waals surface area contributed by atoms with Crippen molar-refractivity contribution in [3.63, 3.8) is 0 Å². The van der Waals surface area contributed by atoms with Crippen LogP contribution in [-0.2, 0) is 18.9 Å². The maximum absolute atomic E-state index is 11.0. The molecule has 0 aromatic heterocycles. The molecule has 26 heavy (non-hydrogen) atoms. The Balaban J connectivity index is 1.37. The van der Waals surface area contributed by atoms with E-state index in [2.05, 4.69) is 0 Å². The standard InChI is InChI=1S/C20H33NO5/c1-23-16-4-3-11-5-15-13-8-18-17(25-10-26-18)6-12(13)7-19(22)21(15)9-14(11)20(16)24-2/h11-20,22H,3-10H2,1-2H3/p+1/t11?,12?,13?,14?,15?,16?,17?,18?,19-,20?/m1/s1. The molecule has 2 N–H and O–H groups in total. The largest absolute Gasteiger partial charge is 0.379 e. The second kappa shape index (κ2) is 6.98. The second-order valence-corrected chi connectivity index (χ2v) is 9.27. The lowest BCUT2D eigenvalue weighted by Gasteiger charge is -2.55. The molecule has 3 saturated heterocycles. The summed E-state index contributed by atoms with van der Waals surface area (Å²) in [6.07, 6.45) is 7.28. The molecule has 5 fully saturated rings. The predicted molar refractivity (Wildman–Crippen MR) is 93.5 cm³/mol. The molecule has 0 aromatic rings. The zero-order valence-corrected chi connectivity index (χ0v) is 16.0. The molecule has 5 aliphatic rings. The van der Waals surface area contributed by atoms with Gasteiger partial charge in [-0.1, -0.05) is 0 Å². The summed E-state index contributed by atoms with van der Waals surface area (Å²) in [6, 6.07) is 0.562. The third kappa shape index (κ3) is 2.76. The highest BCUT2D eigenvalue weighted by Crippen LogP contribution is 2.45. The zero-order valence-electron chi connectivity index (χ0n) is 16.0. The Kier molecular flexibility index (Phi) is 4.78. The van der Waals surface area contributed by atoms with Crippen molar-refractivity contribution >= 4 is 0 Å². The van der Waals surface area contributed by atoms with Crippen molar-refractivity contribution in [1.82, 2.24) is 0 Å². The van der Waals surface area contributed by atoms with Gasteiger partial charge in [-0.25, -0.2) is 0 Å². The number of quaternary nitrogens is 1. The molecule has 11 atom stereocenters. The molecule has 10 unspecified atom stereocenters. The number of aliphatic hydroxyl groups excluding tert-OH is 1. The van der Waals surface area contributed by atoms with Crippen molar-refractivity contribution < 1.29 is 29.0 Å². The van der Waals surface area contributed by atoms with Crippen LogP contribution in [-0.4, -0.2) is 69.3 Å². The lowest BCUT2D eigenvalue weighted by atomic mass is 9.62. The van der Waals surface area contributed by atoms with Crippen LogP contribution in [0.4, 0.5) is 0 Å². The molecule has 3 aliphatic heterocycles. The maximum Gasteiger partial charge on any atom is 0.189 e. The molecule has 6 heteroatoms. The van der Waals surface area contributed by atoms with Crippen molar-refractivity contribution in [1.29, 1.82) is 0 Å². The van der Waals surface area contributed by atoms with Crippen LogP contribution in [0.2, 0.25) is 0 Å². The van der Waals surface area contributed by atoms with Crippen LogP contribution in [0.15, 0.2) is 0 Å². The highest BCUT2D eigenvalue weighted by Gasteiger charge is 2.57. The van der Waals surface area contributed by atoms with E-state index in [-0.39, 0.29) is 30.6 Å². The second-order valence-electron chi connectivity index (χ2n) is 9.27. The number of ether oxygens (including phenoxy) is 4. The summed E-state index contributed by atoms with van der Waals surface area (Å²) < 4.78 is 23.2. The van der Waals surface area contributed by atoms with Crippen molar-refractivity contribution in [2.24, 2.45) is 23.7 Å². The fraction of sp³-hybridized carbons (Fsp3) is 1.00. The van der Waals surface area contributed by atoms with Gasteiger partial charge in [0.15, 0.2) is 6.23 Å². The molecule has 0 radical (unpaired) electrons. The number of fused-ring (bicyclic) bond motifs is 5. The molecule has 5 rings (SSSR count). The van der Waals surface area contributed by atoms with Crippen molar-refractivity contribution in [2.45, 2.75) is 75.2 Å². The van der Waals surface area contributed by atoms with Gasteiger partial charge in [0.05, 0.1) is 37.0 Å². The van der Waals surface area contributed by atoms with Crippen LogP contribution in [0.3, 0.4) is 0 Å². The van der Waals surface area contributed by atoms with E-state index >= 15 is 0 Å². The van der Waals surface area contributed by atoms with Gasteiger partial charge in [-0.3, -0.25) is 0 Å². The Morgan fingerprint density at radius 3 is 2.46 bits per heavy atom. The molecule has 0 amide bonds. The summed E-state index contributed by atoms with van der Waals surface area (Å²) in [4.78, 5) is 1.41. The minimum absolute atomic E-state index is 0.166. The molecular weight excluding hydrogens is 334 g/mol. The normalized spacial score (nSPS) is 56.2. The van der Waals surface area contributed by atoms with Gasteiger partial charge in [0.2, 0.25) is 0 Å². The Morgan fingerprint density at radius 1 is 0.885 bits per heavy atom. The molecule has 0 spiro atoms. The highest BCUT2D eigenvalue weighted by atomic mass is 16.7. The zero-order chi connectivity index (χ0) is 17.8. The van der Waals surface area contributed by atoms with Gasteiger partial charge in [-0.05, 0) is 37.5 Å². The average molecular weight is 368 g/mol. The van der Waals surface area contributed by atoms with E-state index in [1.54, 1.807) is 7.11 Å². The van der Waals surface area contributed by atoms with Crippen LogP contribution < -0.4 is 4.90 Å². The number of hydrogen-bond donors (Lipinski definition) is 2. The Labute approximate surface area is 156 Å². The fourth-order valence-corrected chi connectivity index (χ4v) is 7.19. The van der Waals surface area contributed by atoms with Gasteiger partial charge >= 0.3 is 0 Å². The first-order chi connectivity index (χ1) is 12.7. The molecular formula is C20H34NO5+. The minimum Gasteiger partial charge on any atom is -0.379 e. The summed E-state index contributed by atoms with van der Waals surface area (Å²) in [7, 11) is 3.62. The van der Waals surface area contributed by atoms with E-state index < -0.39 is 0 Å². The number of aliphatic hydroxyl groups is 1. The Morgan fingerprint density at radius 2 is 1.69 bits per heavy atom. The molecule has 2 saturated carbocycles. The summed E-state index contributed by atoms with van der Waals surface area (Å²) in [5.41, 5.74) is 0. The van der Waals surface area contributed by atoms with Gasteiger partial charge in [0.1, 0.15) is 6.79 Å². The van der Waals surface area contributed by atoms with Gasteiger partial charge in [0.25, 0.3) is 0 Å². The molecule has 2 aliphatic carbocycles. The lowest BCUT2D eigenvalue weighted by molar-refractivity contribution is -0.991. The quantitative estimate of drug-likeness (QED) is 0.729. The van der Waals surface area contributed by atoms with Crippen LogP contribution >= 0.6 is 0 Å². The number of rotatable bonds is 2. The number of nitrogens with one attached hydrogen (secondary N) is 1. The van der Waals surface area contributed by atoms with E-state index in [0.29, 0.717) is 36.5 Å². The van der Waals surface area contributed by atoms with Crippen LogP contribution in [0.5, 0.6) is 0 Å². The summed E-state index contributed by atoms with van der Waals surface area (Å²) >= 11 is 0. The van der Waals surface area contributed by atoms with Crippen LogP contribution in [0.25, 0.3) is 0 Å². The Hall–Kier alpha value is -0.240. The minimum atomic E-state index is -0.249. The monoisotopic (exact) mass is 368 g/mol. The SMILES string of the molecule is COC1CCC2CC3C4CC5OCOC5CC4C[C@@H](O)[NH+]3CC2C1OC. The number of piperidine rings is 2. The molecule has 0 aromatic carbocycles.